The molecule has 1 aliphatic rings. The Morgan fingerprint density at radius 2 is 1.96 bits per heavy atom. The first-order valence-electron chi connectivity index (χ1n) is 9.29. The third kappa shape index (κ3) is 4.07. The second-order valence-electron chi connectivity index (χ2n) is 6.88. The van der Waals surface area contributed by atoms with Gasteiger partial charge in [-0.05, 0) is 37.4 Å². The number of nitrogens with zero attached hydrogens (tertiary/aromatic N) is 6. The third-order valence-corrected chi connectivity index (χ3v) is 5.10. The quantitative estimate of drug-likeness (QED) is 0.700. The summed E-state index contributed by atoms with van der Waals surface area (Å²) in [4.78, 5) is 16.8. The largest absolute Gasteiger partial charge is 0.353 e. The maximum Gasteiger partial charge on any atom is 0.251 e. The number of aromatic nitrogens is 4. The molecular weight excluding hydrogens is 378 g/mol. The van der Waals surface area contributed by atoms with Crippen molar-refractivity contribution in [3.05, 3.63) is 52.8 Å². The summed E-state index contributed by atoms with van der Waals surface area (Å²) < 4.78 is 1.76. The van der Waals surface area contributed by atoms with Crippen LogP contribution in [0.3, 0.4) is 0 Å². The minimum Gasteiger partial charge on any atom is -0.353 e. The van der Waals surface area contributed by atoms with E-state index >= 15 is 0 Å². The number of hydrogen-bond donors (Lipinski definition) is 1. The molecular formula is C19H22ClN7O. The molecule has 0 radical (unpaired) electrons. The van der Waals surface area contributed by atoms with Gasteiger partial charge in [0.25, 0.3) is 5.91 Å². The average molecular weight is 400 g/mol. The van der Waals surface area contributed by atoms with Crippen LogP contribution in [0, 0.1) is 0 Å². The Bertz CT molecular complexity index is 981. The maximum absolute atomic E-state index is 12.2. The van der Waals surface area contributed by atoms with E-state index in [2.05, 4.69) is 32.4 Å². The van der Waals surface area contributed by atoms with E-state index in [1.807, 2.05) is 12.1 Å². The van der Waals surface area contributed by atoms with Gasteiger partial charge in [-0.1, -0.05) is 17.7 Å². The van der Waals surface area contributed by atoms with Crippen molar-refractivity contribution < 1.29 is 4.79 Å². The molecule has 3 heterocycles. The number of benzene rings is 1. The lowest BCUT2D eigenvalue weighted by molar-refractivity contribution is 0.0954. The minimum atomic E-state index is -0.164. The zero-order valence-corrected chi connectivity index (χ0v) is 16.4. The van der Waals surface area contributed by atoms with Crippen molar-refractivity contribution in [2.45, 2.75) is 6.42 Å². The van der Waals surface area contributed by atoms with Gasteiger partial charge in [-0.2, -0.15) is 4.52 Å². The normalized spacial score (nSPS) is 15.1. The third-order valence-electron chi connectivity index (χ3n) is 4.86. The zero-order valence-electron chi connectivity index (χ0n) is 15.7. The molecule has 4 rings (SSSR count). The minimum absolute atomic E-state index is 0.164. The smallest absolute Gasteiger partial charge is 0.251 e. The van der Waals surface area contributed by atoms with Gasteiger partial charge in [0.15, 0.2) is 11.5 Å². The number of carbonyl (C=O) groups is 1. The van der Waals surface area contributed by atoms with Gasteiger partial charge in [0.05, 0.1) is 0 Å². The van der Waals surface area contributed by atoms with Crippen LogP contribution in [-0.4, -0.2) is 70.4 Å². The Balaban J connectivity index is 1.42. The lowest BCUT2D eigenvalue weighted by Crippen LogP contribution is -2.45. The van der Waals surface area contributed by atoms with Gasteiger partial charge in [-0.15, -0.1) is 15.3 Å². The van der Waals surface area contributed by atoms with Crippen LogP contribution in [0.2, 0.25) is 5.02 Å². The highest BCUT2D eigenvalue weighted by Gasteiger charge is 2.17. The molecule has 1 N–H and O–H groups in total. The van der Waals surface area contributed by atoms with Crippen molar-refractivity contribution in [3.63, 3.8) is 0 Å². The summed E-state index contributed by atoms with van der Waals surface area (Å²) in [7, 11) is 2.13. The Kier molecular flexibility index (Phi) is 5.40. The first kappa shape index (κ1) is 18.6. The molecule has 9 heteroatoms. The summed E-state index contributed by atoms with van der Waals surface area (Å²) >= 11 is 5.94. The Hall–Kier alpha value is -2.71. The molecule has 0 aliphatic carbocycles. The fraction of sp³-hybridized carbons (Fsp3) is 0.368. The number of likely N-dealkylation sites (N-methyl/N-ethyl adjacent to an activating group) is 1. The van der Waals surface area contributed by atoms with Gasteiger partial charge in [-0.3, -0.25) is 4.79 Å². The van der Waals surface area contributed by atoms with Crippen LogP contribution in [0.5, 0.6) is 0 Å². The molecule has 0 spiro atoms. The van der Waals surface area contributed by atoms with Crippen LogP contribution >= 0.6 is 11.6 Å². The van der Waals surface area contributed by atoms with Crippen molar-refractivity contribution in [1.82, 2.24) is 30.0 Å². The van der Waals surface area contributed by atoms with Crippen LogP contribution < -0.4 is 10.2 Å². The van der Waals surface area contributed by atoms with Gasteiger partial charge in [0, 0.05) is 49.7 Å². The van der Waals surface area contributed by atoms with Gasteiger partial charge >= 0.3 is 0 Å². The second kappa shape index (κ2) is 8.12. The van der Waals surface area contributed by atoms with Gasteiger partial charge in [0.2, 0.25) is 0 Å². The van der Waals surface area contributed by atoms with Gasteiger partial charge in [0.1, 0.15) is 5.82 Å². The van der Waals surface area contributed by atoms with E-state index < -0.39 is 0 Å². The van der Waals surface area contributed by atoms with Crippen molar-refractivity contribution in [2.75, 3.05) is 44.7 Å². The molecule has 3 aromatic rings. The van der Waals surface area contributed by atoms with Gasteiger partial charge in [-0.25, -0.2) is 0 Å². The second-order valence-corrected chi connectivity index (χ2v) is 7.32. The van der Waals surface area contributed by atoms with E-state index in [9.17, 15) is 4.79 Å². The molecule has 0 saturated carbocycles. The lowest BCUT2D eigenvalue weighted by Gasteiger charge is -2.33. The van der Waals surface area contributed by atoms with E-state index in [0.29, 0.717) is 29.2 Å². The predicted molar refractivity (Wildman–Crippen MR) is 108 cm³/mol. The highest BCUT2D eigenvalue weighted by molar-refractivity contribution is 6.30. The summed E-state index contributed by atoms with van der Waals surface area (Å²) in [6, 6.07) is 10.8. The van der Waals surface area contributed by atoms with Crippen LogP contribution in [0.15, 0.2) is 36.4 Å². The topological polar surface area (TPSA) is 78.7 Å². The molecule has 1 fully saturated rings. The van der Waals surface area contributed by atoms with E-state index in [1.165, 1.54) is 0 Å². The summed E-state index contributed by atoms with van der Waals surface area (Å²) in [6.07, 6.45) is 0.534. The summed E-state index contributed by atoms with van der Waals surface area (Å²) in [5.41, 5.74) is 1.24. The molecule has 0 unspecified atom stereocenters. The SMILES string of the molecule is CN1CCN(c2ccc3nnc(CCNC(=O)c4cccc(Cl)c4)n3n2)CC1. The molecule has 8 nitrogen and oxygen atoms in total. The van der Waals surface area contributed by atoms with Crippen LogP contribution in [0.25, 0.3) is 5.65 Å². The van der Waals surface area contributed by atoms with Crippen molar-refractivity contribution in [3.8, 4) is 0 Å². The molecule has 1 aromatic carbocycles. The monoisotopic (exact) mass is 399 g/mol. The molecule has 0 atom stereocenters. The number of carbonyl (C=O) groups excluding carboxylic acids is 1. The fourth-order valence-corrected chi connectivity index (χ4v) is 3.39. The molecule has 1 aliphatic heterocycles. The van der Waals surface area contributed by atoms with Gasteiger partial charge < -0.3 is 15.1 Å². The predicted octanol–water partition coefficient (Wildman–Crippen LogP) is 1.50. The number of nitrogens with one attached hydrogen (secondary N) is 1. The summed E-state index contributed by atoms with van der Waals surface area (Å²) in [6.45, 7) is 4.37. The number of halogens is 1. The molecule has 28 heavy (non-hydrogen) atoms. The van der Waals surface area contributed by atoms with E-state index in [4.69, 9.17) is 16.7 Å². The Morgan fingerprint density at radius 1 is 1.14 bits per heavy atom. The summed E-state index contributed by atoms with van der Waals surface area (Å²) in [5.74, 6) is 1.48. The molecule has 146 valence electrons. The number of rotatable bonds is 5. The fourth-order valence-electron chi connectivity index (χ4n) is 3.20. The summed E-state index contributed by atoms with van der Waals surface area (Å²) in [5, 5.41) is 16.6. The van der Waals surface area contributed by atoms with E-state index in [1.54, 1.807) is 28.8 Å². The molecule has 1 saturated heterocycles. The average Bonchev–Trinajstić information content (AvgIpc) is 3.11. The van der Waals surface area contributed by atoms with Crippen LogP contribution in [-0.2, 0) is 6.42 Å². The van der Waals surface area contributed by atoms with Crippen LogP contribution in [0.1, 0.15) is 16.2 Å². The lowest BCUT2D eigenvalue weighted by atomic mass is 10.2. The van der Waals surface area contributed by atoms with E-state index in [-0.39, 0.29) is 5.91 Å². The Labute approximate surface area is 168 Å². The molecule has 1 amide bonds. The molecule has 0 bridgehead atoms. The highest BCUT2D eigenvalue weighted by atomic mass is 35.5. The number of piperazine rings is 1. The Morgan fingerprint density at radius 3 is 2.75 bits per heavy atom. The maximum atomic E-state index is 12.2. The standard InChI is InChI=1S/C19H22ClN7O/c1-25-9-11-26(12-10-25)18-6-5-16-22-23-17(27(16)24-18)7-8-21-19(28)14-3-2-4-15(20)13-14/h2-6,13H,7-12H2,1H3,(H,21,28). The number of anilines is 1. The highest BCUT2D eigenvalue weighted by Crippen LogP contribution is 2.15. The number of hydrogen-bond acceptors (Lipinski definition) is 6. The number of fused-ring (bicyclic) bond motifs is 1. The first-order chi connectivity index (χ1) is 13.6. The van der Waals surface area contributed by atoms with Crippen LogP contribution in [0.4, 0.5) is 5.82 Å². The van der Waals surface area contributed by atoms with Crippen molar-refractivity contribution in [2.24, 2.45) is 0 Å². The van der Waals surface area contributed by atoms with Crippen molar-refractivity contribution in [1.29, 1.82) is 0 Å². The first-order valence-corrected chi connectivity index (χ1v) is 9.66. The zero-order chi connectivity index (χ0) is 19.5. The number of amides is 1. The van der Waals surface area contributed by atoms with Crippen molar-refractivity contribution >= 4 is 29.0 Å². The molecule has 2 aromatic heterocycles. The van der Waals surface area contributed by atoms with E-state index in [0.717, 1.165) is 37.8 Å².